The lowest BCUT2D eigenvalue weighted by Crippen LogP contribution is -2.25. The molecule has 0 aromatic heterocycles. The molecule has 1 aliphatic heterocycles. The van der Waals surface area contributed by atoms with Crippen molar-refractivity contribution in [1.29, 1.82) is 0 Å². The minimum absolute atomic E-state index is 0.0466. The number of anilines is 1. The van der Waals surface area contributed by atoms with Gasteiger partial charge >= 0.3 is 0 Å². The van der Waals surface area contributed by atoms with Gasteiger partial charge in [-0.2, -0.15) is 0 Å². The third-order valence-corrected chi connectivity index (χ3v) is 2.91. The lowest BCUT2D eigenvalue weighted by molar-refractivity contribution is -0.122. The van der Waals surface area contributed by atoms with Gasteiger partial charge in [0.25, 0.3) is 5.91 Å². The molecule has 0 radical (unpaired) electrons. The quantitative estimate of drug-likeness (QED) is 0.714. The van der Waals surface area contributed by atoms with Crippen LogP contribution in [0, 0.1) is 0 Å². The molecule has 0 bridgehead atoms. The molecule has 1 saturated heterocycles. The molecule has 0 aliphatic carbocycles. The highest BCUT2D eigenvalue weighted by atomic mass is 16.5. The van der Waals surface area contributed by atoms with E-state index in [2.05, 4.69) is 16.0 Å². The number of nitrogens with one attached hydrogen (secondary N) is 3. The summed E-state index contributed by atoms with van der Waals surface area (Å²) in [4.78, 5) is 11.1. The normalized spacial score (nSPS) is 18.4. The van der Waals surface area contributed by atoms with Crippen LogP contribution in [0.1, 0.15) is 6.42 Å². The van der Waals surface area contributed by atoms with Crippen LogP contribution in [0.5, 0.6) is 5.75 Å². The van der Waals surface area contributed by atoms with Gasteiger partial charge in [0.15, 0.2) is 6.61 Å². The maximum absolute atomic E-state index is 11.1. The molecule has 1 heterocycles. The van der Waals surface area contributed by atoms with E-state index in [-0.39, 0.29) is 12.5 Å². The molecule has 1 fully saturated rings. The number of likely N-dealkylation sites (N-methyl/N-ethyl adjacent to an activating group) is 1. The van der Waals surface area contributed by atoms with Gasteiger partial charge in [-0.15, -0.1) is 0 Å². The third kappa shape index (κ3) is 3.63. The van der Waals surface area contributed by atoms with Crippen LogP contribution in [0.3, 0.4) is 0 Å². The molecule has 0 saturated carbocycles. The average Bonchev–Trinajstić information content (AvgIpc) is 2.89. The van der Waals surface area contributed by atoms with Crippen molar-refractivity contribution in [1.82, 2.24) is 10.6 Å². The third-order valence-electron chi connectivity index (χ3n) is 2.91. The van der Waals surface area contributed by atoms with Gasteiger partial charge in [-0.05, 0) is 25.1 Å². The van der Waals surface area contributed by atoms with Crippen LogP contribution in [-0.2, 0) is 4.79 Å². The molecule has 1 amide bonds. The van der Waals surface area contributed by atoms with E-state index in [1.807, 2.05) is 24.3 Å². The number of carbonyl (C=O) groups excluding carboxylic acids is 1. The molecule has 3 N–H and O–H groups in total. The summed E-state index contributed by atoms with van der Waals surface area (Å²) < 4.78 is 5.40. The maximum Gasteiger partial charge on any atom is 0.257 e. The summed E-state index contributed by atoms with van der Waals surface area (Å²) in [5.74, 6) is 0.572. The van der Waals surface area contributed by atoms with E-state index in [0.717, 1.165) is 25.2 Å². The number of rotatable bonds is 5. The van der Waals surface area contributed by atoms with E-state index in [1.165, 1.54) is 0 Å². The first-order valence-electron chi connectivity index (χ1n) is 6.18. The lowest BCUT2D eigenvalue weighted by Gasteiger charge is -2.14. The van der Waals surface area contributed by atoms with Crippen molar-refractivity contribution < 1.29 is 9.53 Å². The zero-order valence-corrected chi connectivity index (χ0v) is 10.5. The Morgan fingerprint density at radius 2 is 2.44 bits per heavy atom. The summed E-state index contributed by atoms with van der Waals surface area (Å²) in [7, 11) is 1.59. The van der Waals surface area contributed by atoms with Crippen molar-refractivity contribution in [3.8, 4) is 5.75 Å². The minimum atomic E-state index is -0.131. The molecule has 98 valence electrons. The molecular formula is C13H19N3O2. The lowest BCUT2D eigenvalue weighted by atomic mass is 10.2. The fraction of sp³-hybridized carbons (Fsp3) is 0.462. The molecule has 1 aromatic rings. The summed E-state index contributed by atoms with van der Waals surface area (Å²) in [5.41, 5.74) is 1.03. The molecule has 2 rings (SSSR count). The maximum atomic E-state index is 11.1. The molecular weight excluding hydrogens is 230 g/mol. The van der Waals surface area contributed by atoms with Crippen LogP contribution >= 0.6 is 0 Å². The van der Waals surface area contributed by atoms with E-state index in [1.54, 1.807) is 7.05 Å². The van der Waals surface area contributed by atoms with E-state index >= 15 is 0 Å². The van der Waals surface area contributed by atoms with Gasteiger partial charge < -0.3 is 20.7 Å². The van der Waals surface area contributed by atoms with Gasteiger partial charge in [-0.25, -0.2) is 0 Å². The zero-order chi connectivity index (χ0) is 12.8. The van der Waals surface area contributed by atoms with E-state index in [0.29, 0.717) is 11.8 Å². The number of benzene rings is 1. The molecule has 1 aliphatic rings. The Morgan fingerprint density at radius 3 is 3.17 bits per heavy atom. The first-order valence-corrected chi connectivity index (χ1v) is 6.18. The second-order valence-electron chi connectivity index (χ2n) is 4.32. The van der Waals surface area contributed by atoms with Crippen LogP contribution in [0.2, 0.25) is 0 Å². The Labute approximate surface area is 107 Å². The predicted molar refractivity (Wildman–Crippen MR) is 70.9 cm³/mol. The number of amides is 1. The summed E-state index contributed by atoms with van der Waals surface area (Å²) in [6.45, 7) is 2.10. The number of hydrogen-bond donors (Lipinski definition) is 3. The van der Waals surface area contributed by atoms with E-state index < -0.39 is 0 Å². The van der Waals surface area contributed by atoms with Crippen LogP contribution in [0.4, 0.5) is 5.69 Å². The Balaban J connectivity index is 1.89. The monoisotopic (exact) mass is 249 g/mol. The largest absolute Gasteiger partial charge is 0.484 e. The van der Waals surface area contributed by atoms with Gasteiger partial charge in [-0.3, -0.25) is 4.79 Å². The summed E-state index contributed by atoms with van der Waals surface area (Å²) >= 11 is 0. The minimum Gasteiger partial charge on any atom is -0.484 e. The Hall–Kier alpha value is -1.75. The van der Waals surface area contributed by atoms with Crippen LogP contribution < -0.4 is 20.7 Å². The van der Waals surface area contributed by atoms with Gasteiger partial charge in [0.05, 0.1) is 0 Å². The summed E-state index contributed by atoms with van der Waals surface area (Å²) in [6, 6.07) is 8.16. The van der Waals surface area contributed by atoms with E-state index in [4.69, 9.17) is 4.74 Å². The van der Waals surface area contributed by atoms with Gasteiger partial charge in [0, 0.05) is 31.4 Å². The van der Waals surface area contributed by atoms with Crippen LogP contribution in [-0.4, -0.2) is 38.7 Å². The number of ether oxygens (including phenoxy) is 1. The molecule has 5 nitrogen and oxygen atoms in total. The van der Waals surface area contributed by atoms with Crippen molar-refractivity contribution in [2.24, 2.45) is 0 Å². The predicted octanol–water partition coefficient (Wildman–Crippen LogP) is 0.585. The zero-order valence-electron chi connectivity index (χ0n) is 10.5. The van der Waals surface area contributed by atoms with Crippen LogP contribution in [0.15, 0.2) is 24.3 Å². The standard InChI is InChI=1S/C13H19N3O2/c1-14-13(17)9-18-12-4-2-3-10(7-12)16-11-5-6-15-8-11/h2-4,7,11,15-16H,5-6,8-9H2,1H3,(H,14,17). The van der Waals surface area contributed by atoms with Crippen molar-refractivity contribution in [2.45, 2.75) is 12.5 Å². The second-order valence-corrected chi connectivity index (χ2v) is 4.32. The van der Waals surface area contributed by atoms with Crippen molar-refractivity contribution in [3.63, 3.8) is 0 Å². The highest BCUT2D eigenvalue weighted by molar-refractivity contribution is 5.77. The number of carbonyl (C=O) groups is 1. The molecule has 1 unspecified atom stereocenters. The van der Waals surface area contributed by atoms with Crippen molar-refractivity contribution in [2.75, 3.05) is 32.1 Å². The summed E-state index contributed by atoms with van der Waals surface area (Å²) in [6.07, 6.45) is 1.13. The Morgan fingerprint density at radius 1 is 1.56 bits per heavy atom. The van der Waals surface area contributed by atoms with Crippen molar-refractivity contribution in [3.05, 3.63) is 24.3 Å². The molecule has 1 atom stereocenters. The smallest absolute Gasteiger partial charge is 0.257 e. The Bertz CT molecular complexity index is 403. The van der Waals surface area contributed by atoms with E-state index in [9.17, 15) is 4.79 Å². The second kappa shape index (κ2) is 6.26. The van der Waals surface area contributed by atoms with Gasteiger partial charge in [0.2, 0.25) is 0 Å². The first kappa shape index (κ1) is 12.7. The SMILES string of the molecule is CNC(=O)COc1cccc(NC2CCNC2)c1. The summed E-state index contributed by atoms with van der Waals surface area (Å²) in [5, 5.41) is 9.27. The first-order chi connectivity index (χ1) is 8.78. The van der Waals surface area contributed by atoms with Gasteiger partial charge in [0.1, 0.15) is 5.75 Å². The highest BCUT2D eigenvalue weighted by Crippen LogP contribution is 2.19. The topological polar surface area (TPSA) is 62.4 Å². The van der Waals surface area contributed by atoms with Crippen LogP contribution in [0.25, 0.3) is 0 Å². The molecule has 1 aromatic carbocycles. The molecule has 0 spiro atoms. The number of hydrogen-bond acceptors (Lipinski definition) is 4. The van der Waals surface area contributed by atoms with Gasteiger partial charge in [-0.1, -0.05) is 6.07 Å². The molecule has 5 heteroatoms. The molecule has 18 heavy (non-hydrogen) atoms. The average molecular weight is 249 g/mol. The fourth-order valence-corrected chi connectivity index (χ4v) is 1.91. The van der Waals surface area contributed by atoms with Crippen molar-refractivity contribution >= 4 is 11.6 Å². The highest BCUT2D eigenvalue weighted by Gasteiger charge is 2.13. The fourth-order valence-electron chi connectivity index (χ4n) is 1.91. The Kier molecular flexibility index (Phi) is 4.41.